The second kappa shape index (κ2) is 5.71. The van der Waals surface area contributed by atoms with Crippen molar-refractivity contribution >= 4 is 21.9 Å². The lowest BCUT2D eigenvalue weighted by atomic mass is 9.85. The molecule has 1 saturated carbocycles. The van der Waals surface area contributed by atoms with Crippen LogP contribution in [-0.4, -0.2) is 42.9 Å². The molecule has 14 heavy (non-hydrogen) atoms. The zero-order valence-electron chi connectivity index (χ0n) is 8.83. The highest BCUT2D eigenvalue weighted by Crippen LogP contribution is 2.26. The minimum absolute atomic E-state index is 0.189. The van der Waals surface area contributed by atoms with Crippen LogP contribution in [0.25, 0.3) is 0 Å². The van der Waals surface area contributed by atoms with Gasteiger partial charge >= 0.3 is 5.97 Å². The van der Waals surface area contributed by atoms with Gasteiger partial charge in [-0.05, 0) is 25.8 Å². The molecule has 0 aliphatic heterocycles. The first kappa shape index (κ1) is 12.0. The molecule has 1 fully saturated rings. The van der Waals surface area contributed by atoms with Gasteiger partial charge in [0.15, 0.2) is 0 Å². The average Bonchev–Trinajstić information content (AvgIpc) is 2.10. The van der Waals surface area contributed by atoms with Crippen LogP contribution in [0, 0.1) is 5.92 Å². The Morgan fingerprint density at radius 3 is 2.71 bits per heavy atom. The monoisotopic (exact) mass is 263 g/mol. The standard InChI is InChI=1S/C10H18BrNO2/c1-12(6-8-4-3-5-8)7-9(11)10(13)14-2/h8-9H,3-7H2,1-2H3. The van der Waals surface area contributed by atoms with E-state index in [1.165, 1.54) is 26.4 Å². The van der Waals surface area contributed by atoms with Crippen LogP contribution in [0.15, 0.2) is 0 Å². The van der Waals surface area contributed by atoms with E-state index < -0.39 is 0 Å². The number of esters is 1. The van der Waals surface area contributed by atoms with E-state index in [2.05, 4.69) is 32.6 Å². The summed E-state index contributed by atoms with van der Waals surface area (Å²) in [4.78, 5) is 13.1. The van der Waals surface area contributed by atoms with E-state index in [-0.39, 0.29) is 10.8 Å². The summed E-state index contributed by atoms with van der Waals surface area (Å²) < 4.78 is 4.65. The molecule has 1 rings (SSSR count). The van der Waals surface area contributed by atoms with Gasteiger partial charge in [-0.1, -0.05) is 22.4 Å². The lowest BCUT2D eigenvalue weighted by molar-refractivity contribution is -0.140. The van der Waals surface area contributed by atoms with Gasteiger partial charge in [-0.25, -0.2) is 0 Å². The first-order valence-electron chi connectivity index (χ1n) is 5.04. The van der Waals surface area contributed by atoms with Crippen molar-refractivity contribution in [2.45, 2.75) is 24.1 Å². The third-order valence-corrected chi connectivity index (χ3v) is 3.39. The minimum atomic E-state index is -0.197. The van der Waals surface area contributed by atoms with Crippen molar-refractivity contribution in [1.29, 1.82) is 0 Å². The van der Waals surface area contributed by atoms with E-state index in [0.29, 0.717) is 0 Å². The van der Waals surface area contributed by atoms with Gasteiger partial charge in [0.1, 0.15) is 4.83 Å². The van der Waals surface area contributed by atoms with E-state index in [1.807, 2.05) is 0 Å². The Morgan fingerprint density at radius 1 is 1.64 bits per heavy atom. The van der Waals surface area contributed by atoms with E-state index in [1.54, 1.807) is 0 Å². The van der Waals surface area contributed by atoms with Crippen molar-refractivity contribution < 1.29 is 9.53 Å². The molecule has 0 amide bonds. The maximum atomic E-state index is 11.1. The summed E-state index contributed by atoms with van der Waals surface area (Å²) in [6.45, 7) is 1.82. The molecule has 0 aromatic heterocycles. The maximum absolute atomic E-state index is 11.1. The lowest BCUT2D eigenvalue weighted by Crippen LogP contribution is -2.36. The van der Waals surface area contributed by atoms with Crippen LogP contribution in [0.5, 0.6) is 0 Å². The number of hydrogen-bond donors (Lipinski definition) is 0. The minimum Gasteiger partial charge on any atom is -0.468 e. The average molecular weight is 264 g/mol. The van der Waals surface area contributed by atoms with Gasteiger partial charge in [-0.2, -0.15) is 0 Å². The van der Waals surface area contributed by atoms with Gasteiger partial charge in [0.2, 0.25) is 0 Å². The van der Waals surface area contributed by atoms with Crippen molar-refractivity contribution in [1.82, 2.24) is 4.90 Å². The summed E-state index contributed by atoms with van der Waals surface area (Å²) in [5.41, 5.74) is 0. The Kier molecular flexibility index (Phi) is 4.89. The summed E-state index contributed by atoms with van der Waals surface area (Å²) in [5, 5.41) is 0. The summed E-state index contributed by atoms with van der Waals surface area (Å²) in [6, 6.07) is 0. The number of nitrogens with zero attached hydrogens (tertiary/aromatic N) is 1. The molecule has 0 aromatic carbocycles. The zero-order valence-corrected chi connectivity index (χ0v) is 10.4. The Hall–Kier alpha value is -0.0900. The topological polar surface area (TPSA) is 29.5 Å². The van der Waals surface area contributed by atoms with Crippen LogP contribution in [0.2, 0.25) is 0 Å². The Bertz CT molecular complexity index is 195. The third kappa shape index (κ3) is 3.58. The number of methoxy groups -OCH3 is 1. The molecule has 0 N–H and O–H groups in total. The molecule has 1 unspecified atom stereocenters. The molecule has 0 radical (unpaired) electrons. The van der Waals surface area contributed by atoms with Crippen molar-refractivity contribution in [2.75, 3.05) is 27.2 Å². The normalized spacial score (nSPS) is 19.1. The van der Waals surface area contributed by atoms with Crippen LogP contribution in [0.4, 0.5) is 0 Å². The molecule has 0 spiro atoms. The molecular weight excluding hydrogens is 246 g/mol. The number of hydrogen-bond acceptors (Lipinski definition) is 3. The molecule has 3 nitrogen and oxygen atoms in total. The van der Waals surface area contributed by atoms with Crippen molar-refractivity contribution in [3.63, 3.8) is 0 Å². The number of carbonyl (C=O) groups is 1. The largest absolute Gasteiger partial charge is 0.468 e. The van der Waals surface area contributed by atoms with E-state index in [9.17, 15) is 4.79 Å². The van der Waals surface area contributed by atoms with Crippen LogP contribution >= 0.6 is 15.9 Å². The molecule has 0 heterocycles. The van der Waals surface area contributed by atoms with E-state index in [0.717, 1.165) is 19.0 Å². The van der Waals surface area contributed by atoms with Gasteiger partial charge in [0.05, 0.1) is 7.11 Å². The fraction of sp³-hybridized carbons (Fsp3) is 0.900. The van der Waals surface area contributed by atoms with Crippen molar-refractivity contribution in [3.05, 3.63) is 0 Å². The van der Waals surface area contributed by atoms with Crippen molar-refractivity contribution in [3.8, 4) is 0 Å². The highest BCUT2D eigenvalue weighted by atomic mass is 79.9. The first-order valence-corrected chi connectivity index (χ1v) is 5.95. The van der Waals surface area contributed by atoms with Gasteiger partial charge in [-0.15, -0.1) is 0 Å². The summed E-state index contributed by atoms with van der Waals surface area (Å²) in [5.74, 6) is 0.655. The highest BCUT2D eigenvalue weighted by molar-refractivity contribution is 9.10. The van der Waals surface area contributed by atoms with Crippen LogP contribution in [-0.2, 0) is 9.53 Å². The number of halogens is 1. The second-order valence-corrected chi connectivity index (χ2v) is 5.11. The zero-order chi connectivity index (χ0) is 10.6. The number of alkyl halides is 1. The highest BCUT2D eigenvalue weighted by Gasteiger charge is 2.22. The predicted octanol–water partition coefficient (Wildman–Crippen LogP) is 1.65. The van der Waals surface area contributed by atoms with Gasteiger partial charge in [-0.3, -0.25) is 4.79 Å². The van der Waals surface area contributed by atoms with Gasteiger partial charge in [0.25, 0.3) is 0 Å². The molecule has 4 heteroatoms. The fourth-order valence-corrected chi connectivity index (χ4v) is 2.35. The van der Waals surface area contributed by atoms with E-state index >= 15 is 0 Å². The van der Waals surface area contributed by atoms with Gasteiger partial charge < -0.3 is 9.64 Å². The number of carbonyl (C=O) groups excluding carboxylic acids is 1. The SMILES string of the molecule is COC(=O)C(Br)CN(C)CC1CCC1. The number of ether oxygens (including phenoxy) is 1. The second-order valence-electron chi connectivity index (χ2n) is 4.01. The van der Waals surface area contributed by atoms with Gasteiger partial charge in [0, 0.05) is 13.1 Å². The molecule has 0 bridgehead atoms. The van der Waals surface area contributed by atoms with Crippen molar-refractivity contribution in [2.24, 2.45) is 5.92 Å². The molecule has 1 aliphatic rings. The fourth-order valence-electron chi connectivity index (χ4n) is 1.67. The molecular formula is C10H18BrNO2. The van der Waals surface area contributed by atoms with Crippen LogP contribution in [0.1, 0.15) is 19.3 Å². The van der Waals surface area contributed by atoms with E-state index in [4.69, 9.17) is 0 Å². The molecule has 1 atom stereocenters. The third-order valence-electron chi connectivity index (χ3n) is 2.72. The maximum Gasteiger partial charge on any atom is 0.320 e. The molecule has 0 saturated heterocycles. The molecule has 82 valence electrons. The first-order chi connectivity index (χ1) is 6.63. The number of rotatable bonds is 5. The summed E-state index contributed by atoms with van der Waals surface area (Å²) in [6.07, 6.45) is 4.05. The summed E-state index contributed by atoms with van der Waals surface area (Å²) in [7, 11) is 3.47. The quantitative estimate of drug-likeness (QED) is 0.558. The van der Waals surface area contributed by atoms with Crippen LogP contribution < -0.4 is 0 Å². The lowest BCUT2D eigenvalue weighted by Gasteiger charge is -2.30. The Balaban J connectivity index is 2.17. The smallest absolute Gasteiger partial charge is 0.320 e. The Morgan fingerprint density at radius 2 is 2.29 bits per heavy atom. The predicted molar refractivity (Wildman–Crippen MR) is 59.6 cm³/mol. The molecule has 1 aliphatic carbocycles. The summed E-state index contributed by atoms with van der Waals surface area (Å²) >= 11 is 3.32. The molecule has 0 aromatic rings. The van der Waals surface area contributed by atoms with Crippen LogP contribution in [0.3, 0.4) is 0 Å². The Labute approximate surface area is 93.9 Å².